The molecule has 1 fully saturated rings. The maximum atomic E-state index is 12.6. The molecule has 0 spiro atoms. The van der Waals surface area contributed by atoms with Crippen LogP contribution in [0.5, 0.6) is 5.75 Å². The topological polar surface area (TPSA) is 84.9 Å². The number of carbonyl (C=O) groups excluding carboxylic acids is 3. The van der Waals surface area contributed by atoms with Gasteiger partial charge in [-0.2, -0.15) is 0 Å². The Balaban J connectivity index is 1.42. The number of hydrogen-bond acceptors (Lipinski definition) is 5. The fraction of sp³-hybridized carbons (Fsp3) is 0.593. The van der Waals surface area contributed by atoms with E-state index in [0.717, 1.165) is 31.4 Å². The SMILES string of the molecule is CCC(COc1ccc(C2=CCC(C(=O)N3CCC(=O)C3)CC2)cc1)[I-]CNC(=O)OC(C)(C)C. The van der Waals surface area contributed by atoms with Crippen molar-refractivity contribution in [2.24, 2.45) is 5.92 Å². The molecule has 1 heterocycles. The summed E-state index contributed by atoms with van der Waals surface area (Å²) in [5.41, 5.74) is 1.95. The zero-order valence-corrected chi connectivity index (χ0v) is 23.4. The predicted molar refractivity (Wildman–Crippen MR) is 132 cm³/mol. The van der Waals surface area contributed by atoms with Crippen molar-refractivity contribution in [3.8, 4) is 5.75 Å². The minimum absolute atomic E-state index is 0.00802. The van der Waals surface area contributed by atoms with Crippen LogP contribution in [0, 0.1) is 5.92 Å². The molecule has 1 aromatic rings. The molecule has 0 saturated carbocycles. The molecule has 2 unspecified atom stereocenters. The second-order valence-corrected chi connectivity index (χ2v) is 13.5. The molecule has 2 amide bonds. The van der Waals surface area contributed by atoms with Crippen LogP contribution in [0.15, 0.2) is 30.3 Å². The molecule has 2 aliphatic rings. The third-order valence-electron chi connectivity index (χ3n) is 6.10. The summed E-state index contributed by atoms with van der Waals surface area (Å²) in [5.74, 6) is 1.13. The van der Waals surface area contributed by atoms with Gasteiger partial charge in [0.2, 0.25) is 0 Å². The van der Waals surface area contributed by atoms with Gasteiger partial charge in [0.15, 0.2) is 5.78 Å². The van der Waals surface area contributed by atoms with Crippen LogP contribution in [0.4, 0.5) is 4.79 Å². The zero-order chi connectivity index (χ0) is 25.4. The van der Waals surface area contributed by atoms with Gasteiger partial charge < -0.3 is 4.90 Å². The normalized spacial score (nSPS) is 19.3. The van der Waals surface area contributed by atoms with Crippen molar-refractivity contribution in [1.82, 2.24) is 10.2 Å². The van der Waals surface area contributed by atoms with Crippen molar-refractivity contribution in [2.45, 2.75) is 69.3 Å². The molecular formula is C27H38IN2O5-. The average molecular weight is 598 g/mol. The number of rotatable bonds is 9. The standard InChI is InChI=1S/C27H38IN2O5/c1-5-22(28-18-29-26(33)35-27(2,3)4)17-34-24-12-10-20(11-13-24)19-6-8-21(9-7-19)25(32)30-15-14-23(31)16-30/h6,10-13,21-22H,5,7-9,14-18H2,1-4H3,(H,29,33)/q-1. The number of allylic oxidation sites excluding steroid dienone is 2. The molecule has 1 aromatic carbocycles. The van der Waals surface area contributed by atoms with Crippen LogP contribution in [0.25, 0.3) is 5.57 Å². The number of halogens is 1. The number of ether oxygens (including phenoxy) is 2. The van der Waals surface area contributed by atoms with E-state index in [2.05, 4.69) is 30.4 Å². The van der Waals surface area contributed by atoms with E-state index in [4.69, 9.17) is 9.47 Å². The third-order valence-corrected chi connectivity index (χ3v) is 9.41. The van der Waals surface area contributed by atoms with Crippen LogP contribution < -0.4 is 31.3 Å². The Morgan fingerprint density at radius 3 is 2.51 bits per heavy atom. The van der Waals surface area contributed by atoms with Crippen molar-refractivity contribution in [2.75, 3.05) is 24.2 Å². The van der Waals surface area contributed by atoms with Gasteiger partial charge in [-0.25, -0.2) is 0 Å². The van der Waals surface area contributed by atoms with E-state index in [-0.39, 0.29) is 51.5 Å². The second-order valence-electron chi connectivity index (χ2n) is 10.1. The number of nitrogens with one attached hydrogen (secondary N) is 1. The third kappa shape index (κ3) is 8.81. The number of benzene rings is 1. The molecule has 1 saturated heterocycles. The van der Waals surface area contributed by atoms with Gasteiger partial charge in [0, 0.05) is 13.0 Å². The molecule has 1 N–H and O–H groups in total. The van der Waals surface area contributed by atoms with Crippen LogP contribution in [-0.2, 0) is 14.3 Å². The number of alkyl halides is 2. The number of Topliss-reactive ketones (excluding diaryl/α,β-unsaturated/α-hetero) is 1. The van der Waals surface area contributed by atoms with Gasteiger partial charge in [0.25, 0.3) is 0 Å². The number of ketones is 1. The molecule has 0 bridgehead atoms. The van der Waals surface area contributed by atoms with Gasteiger partial charge in [-0.1, -0.05) is 0 Å². The van der Waals surface area contributed by atoms with E-state index < -0.39 is 5.60 Å². The Morgan fingerprint density at radius 2 is 1.94 bits per heavy atom. The number of amides is 2. The van der Waals surface area contributed by atoms with Gasteiger partial charge in [0.1, 0.15) is 0 Å². The van der Waals surface area contributed by atoms with Gasteiger partial charge in [-0.3, -0.25) is 9.59 Å². The van der Waals surface area contributed by atoms with Crippen LogP contribution in [0.2, 0.25) is 0 Å². The maximum absolute atomic E-state index is 12.6. The molecule has 0 aromatic heterocycles. The Bertz CT molecular complexity index is 922. The predicted octanol–water partition coefficient (Wildman–Crippen LogP) is 1.40. The molecule has 1 aliphatic carbocycles. The summed E-state index contributed by atoms with van der Waals surface area (Å²) < 4.78 is 12.4. The first-order valence-corrected chi connectivity index (χ1v) is 15.2. The summed E-state index contributed by atoms with van der Waals surface area (Å²) in [6.07, 6.45) is 5.75. The fourth-order valence-corrected chi connectivity index (χ4v) is 6.35. The number of nitrogens with zero attached hydrogens (tertiary/aromatic N) is 1. The summed E-state index contributed by atoms with van der Waals surface area (Å²) in [7, 11) is 0. The first kappa shape index (κ1) is 27.5. The van der Waals surface area contributed by atoms with Crippen molar-refractivity contribution in [3.63, 3.8) is 0 Å². The molecule has 7 nitrogen and oxygen atoms in total. The van der Waals surface area contributed by atoms with E-state index >= 15 is 0 Å². The molecule has 194 valence electrons. The Morgan fingerprint density at radius 1 is 1.20 bits per heavy atom. The summed E-state index contributed by atoms with van der Waals surface area (Å²) in [4.78, 5) is 37.7. The summed E-state index contributed by atoms with van der Waals surface area (Å²) in [6.45, 7) is 9.24. The van der Waals surface area contributed by atoms with Crippen molar-refractivity contribution in [3.05, 3.63) is 35.9 Å². The molecule has 0 radical (unpaired) electrons. The van der Waals surface area contributed by atoms with E-state index in [1.165, 1.54) is 11.1 Å². The number of likely N-dealkylation sites (tertiary alicyclic amines) is 1. The number of carbonyl (C=O) groups is 3. The summed E-state index contributed by atoms with van der Waals surface area (Å²) in [6, 6.07) is 8.19. The van der Waals surface area contributed by atoms with E-state index in [1.54, 1.807) is 4.90 Å². The summed E-state index contributed by atoms with van der Waals surface area (Å²) in [5, 5.41) is 2.86. The second kappa shape index (κ2) is 12.7. The van der Waals surface area contributed by atoms with Crippen molar-refractivity contribution < 1.29 is 45.1 Å². The van der Waals surface area contributed by atoms with Gasteiger partial charge in [-0.05, 0) is 0 Å². The quantitative estimate of drug-likeness (QED) is 0.265. The Labute approximate surface area is 219 Å². The van der Waals surface area contributed by atoms with E-state index in [9.17, 15) is 14.4 Å². The molecule has 1 aliphatic heterocycles. The van der Waals surface area contributed by atoms with E-state index in [0.29, 0.717) is 28.0 Å². The molecular weight excluding hydrogens is 559 g/mol. The van der Waals surface area contributed by atoms with Crippen molar-refractivity contribution in [1.29, 1.82) is 0 Å². The van der Waals surface area contributed by atoms with Gasteiger partial charge >= 0.3 is 180 Å². The fourth-order valence-electron chi connectivity index (χ4n) is 4.14. The van der Waals surface area contributed by atoms with Crippen LogP contribution in [0.3, 0.4) is 0 Å². The number of alkyl carbamates (subject to hydrolysis) is 1. The van der Waals surface area contributed by atoms with Crippen LogP contribution >= 0.6 is 0 Å². The Kier molecular flexibility index (Phi) is 10.0. The zero-order valence-electron chi connectivity index (χ0n) is 21.3. The van der Waals surface area contributed by atoms with Crippen LogP contribution in [-0.4, -0.2) is 56.5 Å². The van der Waals surface area contributed by atoms with E-state index in [1.807, 2.05) is 32.9 Å². The van der Waals surface area contributed by atoms with Crippen LogP contribution in [0.1, 0.15) is 65.4 Å². The molecule has 8 heteroatoms. The average Bonchev–Trinajstić information content (AvgIpc) is 3.26. The minimum atomic E-state index is -0.482. The molecule has 35 heavy (non-hydrogen) atoms. The van der Waals surface area contributed by atoms with Gasteiger partial charge in [-0.15, -0.1) is 0 Å². The molecule has 2 atom stereocenters. The van der Waals surface area contributed by atoms with Crippen molar-refractivity contribution >= 4 is 23.4 Å². The molecule has 3 rings (SSSR count). The first-order chi connectivity index (χ1) is 16.6. The monoisotopic (exact) mass is 597 g/mol. The Hall–Kier alpha value is -2.10. The van der Waals surface area contributed by atoms with Gasteiger partial charge in [0.05, 0.1) is 6.54 Å². The summed E-state index contributed by atoms with van der Waals surface area (Å²) >= 11 is -0.245. The first-order valence-electron chi connectivity index (χ1n) is 12.4. The number of hydrogen-bond donors (Lipinski definition) is 1.